The lowest BCUT2D eigenvalue weighted by molar-refractivity contribution is -0.127. The van der Waals surface area contributed by atoms with Gasteiger partial charge in [0.05, 0.1) is 6.04 Å². The van der Waals surface area contributed by atoms with E-state index in [0.717, 1.165) is 63.1 Å². The Labute approximate surface area is 149 Å². The average molecular weight is 364 g/mol. The largest absolute Gasteiger partial charge is 0.346 e. The number of amides is 1. The minimum Gasteiger partial charge on any atom is -0.346 e. The Kier molecular flexibility index (Phi) is 7.77. The van der Waals surface area contributed by atoms with E-state index in [9.17, 15) is 4.79 Å². The van der Waals surface area contributed by atoms with Gasteiger partial charge in [-0.2, -0.15) is 5.10 Å². The molecule has 3 rings (SSSR count). The minimum atomic E-state index is 0. The minimum absolute atomic E-state index is 0. The standard InChI is InChI=1S/C15H25N5O.2ClH/c1-2-13-18-14-12(7-4-8-20(14)19-13)17-15(21)10-5-3-6-11(16)9-10;;/h10-12H,2-9,16H2,1H3,(H,17,21);2*1H. The van der Waals surface area contributed by atoms with Crippen LogP contribution in [0.15, 0.2) is 0 Å². The van der Waals surface area contributed by atoms with Crippen LogP contribution in [0.5, 0.6) is 0 Å². The molecule has 0 spiro atoms. The smallest absolute Gasteiger partial charge is 0.223 e. The summed E-state index contributed by atoms with van der Waals surface area (Å²) in [6.45, 7) is 2.96. The van der Waals surface area contributed by atoms with Gasteiger partial charge in [0.25, 0.3) is 0 Å². The van der Waals surface area contributed by atoms with Gasteiger partial charge in [-0.1, -0.05) is 13.3 Å². The Morgan fingerprint density at radius 3 is 2.78 bits per heavy atom. The van der Waals surface area contributed by atoms with E-state index in [1.807, 2.05) is 4.68 Å². The summed E-state index contributed by atoms with van der Waals surface area (Å²) < 4.78 is 1.96. The first-order valence-corrected chi connectivity index (χ1v) is 8.17. The number of fused-ring (bicyclic) bond motifs is 1. The number of nitrogens with one attached hydrogen (secondary N) is 1. The van der Waals surface area contributed by atoms with Gasteiger partial charge >= 0.3 is 0 Å². The van der Waals surface area contributed by atoms with Gasteiger partial charge in [0.15, 0.2) is 5.82 Å². The lowest BCUT2D eigenvalue weighted by Gasteiger charge is -2.29. The summed E-state index contributed by atoms with van der Waals surface area (Å²) in [5.74, 6) is 2.00. The monoisotopic (exact) mass is 363 g/mol. The molecule has 1 aliphatic heterocycles. The van der Waals surface area contributed by atoms with E-state index in [0.29, 0.717) is 0 Å². The number of carbonyl (C=O) groups excluding carboxylic acids is 1. The van der Waals surface area contributed by atoms with Crippen molar-refractivity contribution in [3.63, 3.8) is 0 Å². The van der Waals surface area contributed by atoms with Crippen LogP contribution in [-0.2, 0) is 17.8 Å². The number of nitrogens with two attached hydrogens (primary N) is 1. The van der Waals surface area contributed by atoms with E-state index in [4.69, 9.17) is 5.73 Å². The van der Waals surface area contributed by atoms with Crippen molar-refractivity contribution in [2.24, 2.45) is 11.7 Å². The summed E-state index contributed by atoms with van der Waals surface area (Å²) in [6, 6.07) is 0.188. The molecule has 0 aromatic carbocycles. The Hall–Kier alpha value is -0.850. The van der Waals surface area contributed by atoms with Crippen LogP contribution in [0.3, 0.4) is 0 Å². The molecule has 3 atom stereocenters. The van der Waals surface area contributed by atoms with E-state index in [1.165, 1.54) is 0 Å². The highest BCUT2D eigenvalue weighted by Gasteiger charge is 2.30. The maximum Gasteiger partial charge on any atom is 0.223 e. The molecule has 1 fully saturated rings. The van der Waals surface area contributed by atoms with Crippen molar-refractivity contribution < 1.29 is 4.79 Å². The number of hydrogen-bond acceptors (Lipinski definition) is 4. The lowest BCUT2D eigenvalue weighted by Crippen LogP contribution is -2.40. The molecular formula is C15H27Cl2N5O. The van der Waals surface area contributed by atoms with Crippen LogP contribution in [-0.4, -0.2) is 26.7 Å². The third-order valence-electron chi connectivity index (χ3n) is 4.64. The molecule has 132 valence electrons. The Morgan fingerprint density at radius 1 is 1.30 bits per heavy atom. The van der Waals surface area contributed by atoms with E-state index in [2.05, 4.69) is 22.3 Å². The van der Waals surface area contributed by atoms with Gasteiger partial charge in [-0.15, -0.1) is 24.8 Å². The van der Waals surface area contributed by atoms with Crippen LogP contribution < -0.4 is 11.1 Å². The van der Waals surface area contributed by atoms with E-state index >= 15 is 0 Å². The fourth-order valence-corrected chi connectivity index (χ4v) is 3.44. The lowest BCUT2D eigenvalue weighted by atomic mass is 9.85. The number of nitrogens with zero attached hydrogens (tertiary/aromatic N) is 3. The van der Waals surface area contributed by atoms with E-state index in [-0.39, 0.29) is 48.7 Å². The summed E-state index contributed by atoms with van der Waals surface area (Å²) in [7, 11) is 0. The molecule has 3 unspecified atom stereocenters. The first-order chi connectivity index (χ1) is 10.2. The fourth-order valence-electron chi connectivity index (χ4n) is 3.44. The van der Waals surface area contributed by atoms with Crippen molar-refractivity contribution in [1.29, 1.82) is 0 Å². The molecule has 2 heterocycles. The zero-order chi connectivity index (χ0) is 14.8. The molecule has 6 nitrogen and oxygen atoms in total. The molecule has 3 N–H and O–H groups in total. The maximum absolute atomic E-state index is 12.5. The van der Waals surface area contributed by atoms with Gasteiger partial charge < -0.3 is 11.1 Å². The molecule has 0 bridgehead atoms. The van der Waals surface area contributed by atoms with E-state index < -0.39 is 0 Å². The van der Waals surface area contributed by atoms with Gasteiger partial charge in [0.2, 0.25) is 5.91 Å². The average Bonchev–Trinajstić information content (AvgIpc) is 2.91. The van der Waals surface area contributed by atoms with E-state index in [1.54, 1.807) is 0 Å². The predicted molar refractivity (Wildman–Crippen MR) is 93.9 cm³/mol. The summed E-state index contributed by atoms with van der Waals surface area (Å²) in [5.41, 5.74) is 5.99. The van der Waals surface area contributed by atoms with Crippen LogP contribution >= 0.6 is 24.8 Å². The molecule has 0 radical (unpaired) electrons. The molecule has 23 heavy (non-hydrogen) atoms. The van der Waals surface area contributed by atoms with Crippen LogP contribution in [0, 0.1) is 5.92 Å². The molecule has 1 aromatic heterocycles. The van der Waals surface area contributed by atoms with Crippen molar-refractivity contribution in [2.45, 2.75) is 70.5 Å². The molecule has 2 aliphatic rings. The van der Waals surface area contributed by atoms with Crippen molar-refractivity contribution in [2.75, 3.05) is 0 Å². The molecule has 8 heteroatoms. The number of rotatable bonds is 3. The first kappa shape index (κ1) is 20.2. The molecule has 1 amide bonds. The van der Waals surface area contributed by atoms with Crippen molar-refractivity contribution in [3.05, 3.63) is 11.6 Å². The summed E-state index contributed by atoms with van der Waals surface area (Å²) in [4.78, 5) is 17.1. The van der Waals surface area contributed by atoms with Gasteiger partial charge in [-0.3, -0.25) is 4.79 Å². The molecular weight excluding hydrogens is 337 g/mol. The topological polar surface area (TPSA) is 85.8 Å². The summed E-state index contributed by atoms with van der Waals surface area (Å²) in [6.07, 6.45) is 6.69. The second kappa shape index (κ2) is 8.85. The Bertz CT molecular complexity index is 522. The first-order valence-electron chi connectivity index (χ1n) is 8.17. The molecule has 0 saturated heterocycles. The number of halogens is 2. The predicted octanol–water partition coefficient (Wildman–Crippen LogP) is 2.15. The Morgan fingerprint density at radius 2 is 2.09 bits per heavy atom. The molecule has 1 saturated carbocycles. The normalized spacial score (nSPS) is 26.4. The van der Waals surface area contributed by atoms with Crippen molar-refractivity contribution in [1.82, 2.24) is 20.1 Å². The fraction of sp³-hybridized carbons (Fsp3) is 0.800. The van der Waals surface area contributed by atoms with Crippen molar-refractivity contribution >= 4 is 30.7 Å². The second-order valence-electron chi connectivity index (χ2n) is 6.29. The van der Waals surface area contributed by atoms with Crippen LogP contribution in [0.1, 0.15) is 63.1 Å². The van der Waals surface area contributed by atoms with Gasteiger partial charge in [-0.25, -0.2) is 9.67 Å². The Balaban J connectivity index is 0.00000132. The number of hydrogen-bond donors (Lipinski definition) is 2. The summed E-state index contributed by atoms with van der Waals surface area (Å²) >= 11 is 0. The second-order valence-corrected chi connectivity index (χ2v) is 6.29. The number of aromatic nitrogens is 3. The highest BCUT2D eigenvalue weighted by Crippen LogP contribution is 2.27. The van der Waals surface area contributed by atoms with Gasteiger partial charge in [0, 0.05) is 24.9 Å². The number of carbonyl (C=O) groups is 1. The van der Waals surface area contributed by atoms with Crippen molar-refractivity contribution in [3.8, 4) is 0 Å². The van der Waals surface area contributed by atoms with Crippen LogP contribution in [0.4, 0.5) is 0 Å². The highest BCUT2D eigenvalue weighted by atomic mass is 35.5. The maximum atomic E-state index is 12.5. The third kappa shape index (κ3) is 4.58. The molecule has 1 aliphatic carbocycles. The zero-order valence-corrected chi connectivity index (χ0v) is 15.2. The van der Waals surface area contributed by atoms with Gasteiger partial charge in [-0.05, 0) is 32.1 Å². The SMILES string of the molecule is CCc1nc2n(n1)CCCC2NC(=O)C1CCCC(N)C1.Cl.Cl. The molecule has 1 aromatic rings. The number of aryl methyl sites for hydroxylation is 2. The third-order valence-corrected chi connectivity index (χ3v) is 4.64. The van der Waals surface area contributed by atoms with Crippen LogP contribution in [0.25, 0.3) is 0 Å². The van der Waals surface area contributed by atoms with Gasteiger partial charge in [0.1, 0.15) is 5.82 Å². The highest BCUT2D eigenvalue weighted by molar-refractivity contribution is 5.85. The quantitative estimate of drug-likeness (QED) is 0.861. The summed E-state index contributed by atoms with van der Waals surface area (Å²) in [5, 5.41) is 7.67. The van der Waals surface area contributed by atoms with Crippen LogP contribution in [0.2, 0.25) is 0 Å². The zero-order valence-electron chi connectivity index (χ0n) is 13.5.